The van der Waals surface area contributed by atoms with Crippen molar-refractivity contribution in [3.63, 3.8) is 0 Å². The summed E-state index contributed by atoms with van der Waals surface area (Å²) in [5, 5.41) is 9.61. The number of rotatable bonds is 4. The molecule has 3 nitrogen and oxygen atoms in total. The smallest absolute Gasteiger partial charge is 0.187 e. The lowest BCUT2D eigenvalue weighted by molar-refractivity contribution is -0.167. The van der Waals surface area contributed by atoms with E-state index in [1.165, 1.54) is 20.3 Å². The molecule has 5 heteroatoms. The molecule has 84 valence electrons. The molecule has 0 radical (unpaired) electrons. The van der Waals surface area contributed by atoms with Crippen LogP contribution in [0.3, 0.4) is 0 Å². The first kappa shape index (κ1) is 12.0. The summed E-state index contributed by atoms with van der Waals surface area (Å²) in [5.41, 5.74) is -0.453. The van der Waals surface area contributed by atoms with Crippen molar-refractivity contribution < 1.29 is 23.4 Å². The van der Waals surface area contributed by atoms with E-state index in [9.17, 15) is 13.9 Å². The van der Waals surface area contributed by atoms with E-state index in [0.717, 1.165) is 12.1 Å². The van der Waals surface area contributed by atoms with Crippen LogP contribution in [0, 0.1) is 11.6 Å². The van der Waals surface area contributed by atoms with E-state index >= 15 is 0 Å². The first-order valence-corrected chi connectivity index (χ1v) is 4.29. The van der Waals surface area contributed by atoms with E-state index in [4.69, 9.17) is 9.47 Å². The van der Waals surface area contributed by atoms with Gasteiger partial charge in [0.1, 0.15) is 17.7 Å². The highest BCUT2D eigenvalue weighted by atomic mass is 19.1. The molecule has 0 spiro atoms. The normalized spacial score (nSPS) is 13.2. The summed E-state index contributed by atoms with van der Waals surface area (Å²) in [6, 6.07) is 3.34. The topological polar surface area (TPSA) is 38.7 Å². The van der Waals surface area contributed by atoms with E-state index < -0.39 is 29.6 Å². The zero-order chi connectivity index (χ0) is 11.4. The van der Waals surface area contributed by atoms with Gasteiger partial charge in [0.2, 0.25) is 0 Å². The second kappa shape index (κ2) is 5.16. The van der Waals surface area contributed by atoms with Crippen LogP contribution < -0.4 is 0 Å². The molecule has 1 N–H and O–H groups in total. The van der Waals surface area contributed by atoms with E-state index in [2.05, 4.69) is 0 Å². The first-order chi connectivity index (χ1) is 7.11. The molecule has 0 aliphatic rings. The minimum atomic E-state index is -1.50. The van der Waals surface area contributed by atoms with Gasteiger partial charge in [-0.2, -0.15) is 0 Å². The average molecular weight is 218 g/mol. The molecule has 0 aromatic heterocycles. The molecule has 1 unspecified atom stereocenters. The van der Waals surface area contributed by atoms with Crippen LogP contribution in [0.25, 0.3) is 0 Å². The molecule has 1 aromatic carbocycles. The quantitative estimate of drug-likeness (QED) is 0.780. The van der Waals surface area contributed by atoms with Gasteiger partial charge in [-0.05, 0) is 12.1 Å². The minimum Gasteiger partial charge on any atom is -0.383 e. The van der Waals surface area contributed by atoms with Crippen LogP contribution in [0.1, 0.15) is 11.7 Å². The Morgan fingerprint density at radius 3 is 2.00 bits per heavy atom. The molecular weight excluding hydrogens is 206 g/mol. The molecular formula is C10H12F2O3. The molecule has 0 bridgehead atoms. The summed E-state index contributed by atoms with van der Waals surface area (Å²) >= 11 is 0. The second-order valence-electron chi connectivity index (χ2n) is 2.92. The Morgan fingerprint density at radius 1 is 1.13 bits per heavy atom. The van der Waals surface area contributed by atoms with Crippen LogP contribution in [0.15, 0.2) is 18.2 Å². The lowest BCUT2D eigenvalue weighted by Crippen LogP contribution is -2.24. The van der Waals surface area contributed by atoms with Gasteiger partial charge >= 0.3 is 0 Å². The van der Waals surface area contributed by atoms with Crippen molar-refractivity contribution in [2.24, 2.45) is 0 Å². The number of aliphatic hydroxyl groups is 1. The monoisotopic (exact) mass is 218 g/mol. The number of benzene rings is 1. The standard InChI is InChI=1S/C10H12F2O3/c1-14-10(15-2)9(13)8-6(11)4-3-5-7(8)12/h3-5,9-10,13H,1-2H3. The Balaban J connectivity index is 3.04. The Kier molecular flexibility index (Phi) is 4.14. The third-order valence-electron chi connectivity index (χ3n) is 2.02. The summed E-state index contributed by atoms with van der Waals surface area (Å²) in [5.74, 6) is -1.66. The summed E-state index contributed by atoms with van der Waals surface area (Å²) in [4.78, 5) is 0. The van der Waals surface area contributed by atoms with Crippen molar-refractivity contribution in [2.45, 2.75) is 12.4 Å². The maximum Gasteiger partial charge on any atom is 0.187 e. The molecule has 1 atom stereocenters. The van der Waals surface area contributed by atoms with Gasteiger partial charge in [-0.3, -0.25) is 0 Å². The Morgan fingerprint density at radius 2 is 1.60 bits per heavy atom. The largest absolute Gasteiger partial charge is 0.383 e. The highest BCUT2D eigenvalue weighted by Gasteiger charge is 2.26. The molecule has 0 amide bonds. The number of hydrogen-bond acceptors (Lipinski definition) is 3. The van der Waals surface area contributed by atoms with Gasteiger partial charge in [-0.1, -0.05) is 6.07 Å². The number of ether oxygens (including phenoxy) is 2. The lowest BCUT2D eigenvalue weighted by Gasteiger charge is -2.20. The zero-order valence-electron chi connectivity index (χ0n) is 8.41. The molecule has 1 rings (SSSR count). The molecule has 15 heavy (non-hydrogen) atoms. The van der Waals surface area contributed by atoms with Crippen LogP contribution in [-0.2, 0) is 9.47 Å². The van der Waals surface area contributed by atoms with Crippen molar-refractivity contribution in [3.8, 4) is 0 Å². The van der Waals surface area contributed by atoms with Gasteiger partial charge in [0.25, 0.3) is 0 Å². The maximum atomic E-state index is 13.2. The summed E-state index contributed by atoms with van der Waals surface area (Å²) in [7, 11) is 2.55. The van der Waals surface area contributed by atoms with Crippen LogP contribution in [-0.4, -0.2) is 25.6 Å². The highest BCUT2D eigenvalue weighted by molar-refractivity contribution is 5.22. The number of halogens is 2. The van der Waals surface area contributed by atoms with E-state index in [1.54, 1.807) is 0 Å². The predicted molar refractivity (Wildman–Crippen MR) is 49.1 cm³/mol. The molecule has 0 aliphatic carbocycles. The molecule has 0 fully saturated rings. The average Bonchev–Trinajstić information content (AvgIpc) is 2.19. The van der Waals surface area contributed by atoms with Crippen molar-refractivity contribution in [1.82, 2.24) is 0 Å². The number of hydrogen-bond donors (Lipinski definition) is 1. The van der Waals surface area contributed by atoms with Crippen LogP contribution in [0.2, 0.25) is 0 Å². The van der Waals surface area contributed by atoms with Crippen molar-refractivity contribution >= 4 is 0 Å². The SMILES string of the molecule is COC(OC)C(O)c1c(F)cccc1F. The van der Waals surface area contributed by atoms with Gasteiger partial charge in [0.15, 0.2) is 6.29 Å². The molecule has 0 saturated carbocycles. The predicted octanol–water partition coefficient (Wildman–Crippen LogP) is 1.62. The van der Waals surface area contributed by atoms with Gasteiger partial charge in [0, 0.05) is 14.2 Å². The van der Waals surface area contributed by atoms with Gasteiger partial charge in [0.05, 0.1) is 5.56 Å². The van der Waals surface area contributed by atoms with Crippen molar-refractivity contribution in [1.29, 1.82) is 0 Å². The molecule has 0 saturated heterocycles. The summed E-state index contributed by atoms with van der Waals surface area (Å²) in [6.07, 6.45) is -2.60. The van der Waals surface area contributed by atoms with Gasteiger partial charge < -0.3 is 14.6 Å². The fourth-order valence-corrected chi connectivity index (χ4v) is 1.28. The third kappa shape index (κ3) is 2.50. The van der Waals surface area contributed by atoms with Crippen LogP contribution in [0.5, 0.6) is 0 Å². The van der Waals surface area contributed by atoms with E-state index in [0.29, 0.717) is 0 Å². The second-order valence-corrected chi connectivity index (χ2v) is 2.92. The summed E-state index contributed by atoms with van der Waals surface area (Å²) < 4.78 is 35.9. The van der Waals surface area contributed by atoms with E-state index in [-0.39, 0.29) is 0 Å². The van der Waals surface area contributed by atoms with Crippen molar-refractivity contribution in [3.05, 3.63) is 35.4 Å². The van der Waals surface area contributed by atoms with Crippen molar-refractivity contribution in [2.75, 3.05) is 14.2 Å². The zero-order valence-corrected chi connectivity index (χ0v) is 8.41. The Labute approximate surface area is 86.2 Å². The Bertz CT molecular complexity index is 306. The van der Waals surface area contributed by atoms with E-state index in [1.807, 2.05) is 0 Å². The van der Waals surface area contributed by atoms with Gasteiger partial charge in [-0.25, -0.2) is 8.78 Å². The number of methoxy groups -OCH3 is 2. The fraction of sp³-hybridized carbons (Fsp3) is 0.400. The lowest BCUT2D eigenvalue weighted by atomic mass is 10.1. The highest BCUT2D eigenvalue weighted by Crippen LogP contribution is 2.24. The number of aliphatic hydroxyl groups excluding tert-OH is 1. The molecule has 0 heterocycles. The van der Waals surface area contributed by atoms with Crippen LogP contribution >= 0.6 is 0 Å². The fourth-order valence-electron chi connectivity index (χ4n) is 1.28. The maximum absolute atomic E-state index is 13.2. The Hall–Kier alpha value is -1.04. The summed E-state index contributed by atoms with van der Waals surface area (Å²) in [6.45, 7) is 0. The molecule has 1 aromatic rings. The third-order valence-corrected chi connectivity index (χ3v) is 2.02. The van der Waals surface area contributed by atoms with Gasteiger partial charge in [-0.15, -0.1) is 0 Å². The molecule has 0 aliphatic heterocycles. The first-order valence-electron chi connectivity index (χ1n) is 4.29. The minimum absolute atomic E-state index is 0.453. The van der Waals surface area contributed by atoms with Crippen LogP contribution in [0.4, 0.5) is 8.78 Å².